The number of guanidine groups is 1. The third-order valence-electron chi connectivity index (χ3n) is 4.80. The van der Waals surface area contributed by atoms with Crippen LogP contribution in [-0.4, -0.2) is 76.3 Å². The van der Waals surface area contributed by atoms with Gasteiger partial charge in [0.25, 0.3) is 0 Å². The zero-order valence-electron chi connectivity index (χ0n) is 19.3. The molecule has 0 aliphatic rings. The molecule has 0 heterocycles. The van der Waals surface area contributed by atoms with Gasteiger partial charge in [-0.1, -0.05) is 12.1 Å². The molecule has 0 aliphatic carbocycles. The number of hydrogen-bond donors (Lipinski definition) is 9. The topological polar surface area (TPSA) is 235 Å². The summed E-state index contributed by atoms with van der Waals surface area (Å²) in [5.74, 6) is -3.57. The van der Waals surface area contributed by atoms with Gasteiger partial charge in [-0.2, -0.15) is 12.6 Å². The second kappa shape index (κ2) is 14.7. The third kappa shape index (κ3) is 11.0. The first-order valence-electron chi connectivity index (χ1n) is 10.8. The van der Waals surface area contributed by atoms with Crippen LogP contribution in [0.1, 0.15) is 25.3 Å². The van der Waals surface area contributed by atoms with E-state index in [-0.39, 0.29) is 36.8 Å². The first-order valence-corrected chi connectivity index (χ1v) is 11.4. The summed E-state index contributed by atoms with van der Waals surface area (Å²) in [5, 5.41) is 26.1. The van der Waals surface area contributed by atoms with Crippen LogP contribution in [0.15, 0.2) is 29.3 Å². The fourth-order valence-corrected chi connectivity index (χ4v) is 3.13. The highest BCUT2D eigenvalue weighted by Gasteiger charge is 2.29. The van der Waals surface area contributed by atoms with Gasteiger partial charge in [0.1, 0.15) is 23.9 Å². The molecular formula is C21H33N7O6S. The fraction of sp³-hybridized carbons (Fsp3) is 0.476. The first kappa shape index (κ1) is 29.5. The van der Waals surface area contributed by atoms with Gasteiger partial charge in [0.05, 0.1) is 6.04 Å². The molecule has 0 bridgehead atoms. The summed E-state index contributed by atoms with van der Waals surface area (Å²) in [6.45, 7) is 1.63. The number of benzene rings is 1. The third-order valence-corrected chi connectivity index (χ3v) is 5.16. The Bertz CT molecular complexity index is 906. The van der Waals surface area contributed by atoms with Crippen LogP contribution < -0.4 is 33.2 Å². The lowest BCUT2D eigenvalue weighted by atomic mass is 10.0. The number of carboxylic acids is 1. The number of carboxylic acid groups (broad SMARTS) is 1. The van der Waals surface area contributed by atoms with E-state index in [0.717, 1.165) is 0 Å². The fourth-order valence-electron chi connectivity index (χ4n) is 2.88. The number of phenols is 1. The lowest BCUT2D eigenvalue weighted by Gasteiger charge is -2.25. The standard InChI is InChI=1S/C21H33N7O6S/c1-11(22)17(30)27-15(9-12-4-6-13(29)7-5-12)19(32)26-14(3-2-8-25-21(23)24)18(31)28-16(10-35)20(33)34/h4-7,11,14-16,29,35H,2-3,8-10,22H2,1H3,(H,26,32)(H,27,30)(H,28,31)(H,33,34)(H4,23,24,25). The largest absolute Gasteiger partial charge is 0.508 e. The number of hydrogen-bond acceptors (Lipinski definition) is 8. The lowest BCUT2D eigenvalue weighted by Crippen LogP contribution is -2.57. The Hall–Kier alpha value is -3.52. The number of amides is 3. The minimum Gasteiger partial charge on any atom is -0.508 e. The zero-order valence-corrected chi connectivity index (χ0v) is 20.2. The first-order chi connectivity index (χ1) is 16.4. The molecule has 0 fully saturated rings. The predicted molar refractivity (Wildman–Crippen MR) is 133 cm³/mol. The summed E-state index contributed by atoms with van der Waals surface area (Å²) in [6, 6.07) is 1.61. The molecule has 0 saturated heterocycles. The number of nitrogens with zero attached hydrogens (tertiary/aromatic N) is 1. The summed E-state index contributed by atoms with van der Waals surface area (Å²) < 4.78 is 0. The van der Waals surface area contributed by atoms with Gasteiger partial charge in [-0.3, -0.25) is 19.4 Å². The number of phenolic OH excluding ortho intramolecular Hbond substituents is 1. The van der Waals surface area contributed by atoms with Crippen LogP contribution >= 0.6 is 12.6 Å². The highest BCUT2D eigenvalue weighted by atomic mass is 32.1. The van der Waals surface area contributed by atoms with Gasteiger partial charge in [0.15, 0.2) is 5.96 Å². The van der Waals surface area contributed by atoms with Crippen molar-refractivity contribution in [3.05, 3.63) is 29.8 Å². The molecule has 35 heavy (non-hydrogen) atoms. The predicted octanol–water partition coefficient (Wildman–Crippen LogP) is -2.20. The van der Waals surface area contributed by atoms with Gasteiger partial charge in [-0.15, -0.1) is 0 Å². The van der Waals surface area contributed by atoms with Crippen LogP contribution in [0.5, 0.6) is 5.75 Å². The Morgan fingerprint density at radius 3 is 2.03 bits per heavy atom. The molecule has 0 aromatic heterocycles. The van der Waals surface area contributed by atoms with Crippen molar-refractivity contribution in [3.8, 4) is 5.75 Å². The van der Waals surface area contributed by atoms with Crippen molar-refractivity contribution in [3.63, 3.8) is 0 Å². The van der Waals surface area contributed by atoms with Crippen LogP contribution in [0.25, 0.3) is 0 Å². The smallest absolute Gasteiger partial charge is 0.327 e. The van der Waals surface area contributed by atoms with E-state index in [0.29, 0.717) is 12.0 Å². The van der Waals surface area contributed by atoms with E-state index in [1.165, 1.54) is 19.1 Å². The highest BCUT2D eigenvalue weighted by molar-refractivity contribution is 7.80. The van der Waals surface area contributed by atoms with E-state index >= 15 is 0 Å². The molecular weight excluding hydrogens is 478 g/mol. The van der Waals surface area contributed by atoms with E-state index in [2.05, 4.69) is 33.6 Å². The van der Waals surface area contributed by atoms with Crippen LogP contribution in [0.4, 0.5) is 0 Å². The molecule has 0 aliphatic heterocycles. The number of nitrogens with one attached hydrogen (secondary N) is 3. The molecule has 4 unspecified atom stereocenters. The van der Waals surface area contributed by atoms with E-state index in [1.807, 2.05) is 0 Å². The number of carbonyl (C=O) groups is 4. The van der Waals surface area contributed by atoms with Gasteiger partial charge in [-0.25, -0.2) is 4.79 Å². The number of carbonyl (C=O) groups excluding carboxylic acids is 3. The minimum atomic E-state index is -1.28. The van der Waals surface area contributed by atoms with Crippen molar-refractivity contribution in [1.82, 2.24) is 16.0 Å². The molecule has 194 valence electrons. The molecule has 14 heteroatoms. The highest BCUT2D eigenvalue weighted by Crippen LogP contribution is 2.12. The Balaban J connectivity index is 3.08. The minimum absolute atomic E-state index is 0.0315. The maximum atomic E-state index is 13.1. The lowest BCUT2D eigenvalue weighted by molar-refractivity contribution is -0.141. The second-order valence-corrected chi connectivity index (χ2v) is 8.18. The summed E-state index contributed by atoms with van der Waals surface area (Å²) in [5.41, 5.74) is 16.8. The van der Waals surface area contributed by atoms with Crippen LogP contribution in [0, 0.1) is 0 Å². The Morgan fingerprint density at radius 2 is 1.51 bits per heavy atom. The molecule has 1 rings (SSSR count). The molecule has 1 aromatic rings. The normalized spacial score (nSPS) is 14.0. The monoisotopic (exact) mass is 511 g/mol. The molecule has 0 spiro atoms. The Morgan fingerprint density at radius 1 is 0.971 bits per heavy atom. The average molecular weight is 512 g/mol. The van der Waals surface area contributed by atoms with Crippen molar-refractivity contribution in [1.29, 1.82) is 0 Å². The second-order valence-electron chi connectivity index (χ2n) is 7.81. The van der Waals surface area contributed by atoms with Crippen LogP contribution in [0.3, 0.4) is 0 Å². The number of aliphatic carboxylic acids is 1. The van der Waals surface area contributed by atoms with Gasteiger partial charge < -0.3 is 43.4 Å². The average Bonchev–Trinajstić information content (AvgIpc) is 2.79. The van der Waals surface area contributed by atoms with Crippen molar-refractivity contribution >= 4 is 42.3 Å². The van der Waals surface area contributed by atoms with Crippen molar-refractivity contribution in [2.75, 3.05) is 12.3 Å². The van der Waals surface area contributed by atoms with Crippen molar-refractivity contribution in [2.24, 2.45) is 22.2 Å². The van der Waals surface area contributed by atoms with Gasteiger partial charge in [0.2, 0.25) is 17.7 Å². The maximum Gasteiger partial charge on any atom is 0.327 e. The zero-order chi connectivity index (χ0) is 26.5. The number of aliphatic imine (C=N–C) groups is 1. The van der Waals surface area contributed by atoms with Crippen molar-refractivity contribution in [2.45, 2.75) is 50.4 Å². The van der Waals surface area contributed by atoms with Gasteiger partial charge in [0, 0.05) is 18.7 Å². The molecule has 13 nitrogen and oxygen atoms in total. The summed E-state index contributed by atoms with van der Waals surface area (Å²) in [4.78, 5) is 53.2. The Labute approximate surface area is 208 Å². The maximum absolute atomic E-state index is 13.1. The van der Waals surface area contributed by atoms with E-state index in [4.69, 9.17) is 17.2 Å². The van der Waals surface area contributed by atoms with E-state index in [1.54, 1.807) is 12.1 Å². The molecule has 0 saturated carbocycles. The number of aromatic hydroxyl groups is 1. The number of rotatable bonds is 14. The van der Waals surface area contributed by atoms with Crippen LogP contribution in [0.2, 0.25) is 0 Å². The van der Waals surface area contributed by atoms with Crippen molar-refractivity contribution < 1.29 is 29.4 Å². The van der Waals surface area contributed by atoms with E-state index < -0.39 is 47.9 Å². The molecule has 4 atom stereocenters. The summed E-state index contributed by atoms with van der Waals surface area (Å²) in [6.07, 6.45) is 0.422. The number of nitrogens with two attached hydrogens (primary N) is 3. The van der Waals surface area contributed by atoms with Crippen LogP contribution in [-0.2, 0) is 25.6 Å². The molecule has 0 radical (unpaired) electrons. The molecule has 1 aromatic carbocycles. The quantitative estimate of drug-likeness (QED) is 0.0569. The number of thiol groups is 1. The van der Waals surface area contributed by atoms with E-state index in [9.17, 15) is 29.4 Å². The summed E-state index contributed by atoms with van der Waals surface area (Å²) in [7, 11) is 0. The SMILES string of the molecule is CC(N)C(=O)NC(Cc1ccc(O)cc1)C(=O)NC(CCCN=C(N)N)C(=O)NC(CS)C(=O)O. The molecule has 3 amide bonds. The Kier molecular flexibility index (Phi) is 12.4. The van der Waals surface area contributed by atoms with Gasteiger partial charge >= 0.3 is 5.97 Å². The summed E-state index contributed by atoms with van der Waals surface area (Å²) >= 11 is 3.92. The van der Waals surface area contributed by atoms with Gasteiger partial charge in [-0.05, 0) is 37.5 Å². The molecule has 11 N–H and O–H groups in total.